The fourth-order valence-electron chi connectivity index (χ4n) is 1.14. The van der Waals surface area contributed by atoms with Gasteiger partial charge in [0, 0.05) is 10.2 Å². The lowest BCUT2D eigenvalue weighted by Crippen LogP contribution is -2.31. The summed E-state index contributed by atoms with van der Waals surface area (Å²) < 4.78 is 45.1. The average Bonchev–Trinajstić information content (AvgIpc) is 2.35. The molecule has 0 bridgehead atoms. The first kappa shape index (κ1) is 5.00. The van der Waals surface area contributed by atoms with Gasteiger partial charge in [0.05, 0.1) is 9.24 Å². The summed E-state index contributed by atoms with van der Waals surface area (Å²) in [4.78, 5) is 1.08. The molecule has 1 aromatic carbocycles. The Morgan fingerprint density at radius 1 is 1.64 bits per heavy atom. The molecular weight excluding hydrogens is 170 g/mol. The normalized spacial score (nSPS) is 20.1. The summed E-state index contributed by atoms with van der Waals surface area (Å²) in [5.41, 5.74) is 0.815. The van der Waals surface area contributed by atoms with Crippen molar-refractivity contribution < 1.29 is 8.22 Å². The monoisotopic (exact) mass is 193 g/mol. The van der Waals surface area contributed by atoms with E-state index in [0.717, 1.165) is 10.5 Å². The molecule has 0 saturated heterocycles. The van der Waals surface area contributed by atoms with Crippen molar-refractivity contribution in [1.82, 2.24) is 4.90 Å². The van der Waals surface area contributed by atoms with Gasteiger partial charge >= 0.3 is 0 Å². The predicted octanol–water partition coefficient (Wildman–Crippen LogP) is 2.18. The van der Waals surface area contributed by atoms with E-state index in [1.165, 1.54) is 7.05 Å². The molecule has 74 valence electrons. The molecule has 0 radical (unpaired) electrons. The Labute approximate surface area is 95.2 Å². The summed E-state index contributed by atoms with van der Waals surface area (Å²) in [5.74, 6) is 2.09. The van der Waals surface area contributed by atoms with Crippen molar-refractivity contribution in [2.24, 2.45) is 0 Å². The van der Waals surface area contributed by atoms with Gasteiger partial charge in [-0.15, -0.1) is 6.40 Å². The molecule has 0 heterocycles. The Morgan fingerprint density at radius 2 is 2.43 bits per heavy atom. The highest BCUT2D eigenvalue weighted by molar-refractivity contribution is 5.15. The third kappa shape index (κ3) is 3.24. The maximum absolute atomic E-state index is 7.76. The second kappa shape index (κ2) is 5.47. The van der Waals surface area contributed by atoms with Crippen molar-refractivity contribution >= 4 is 0 Å². The lowest BCUT2D eigenvalue weighted by atomic mass is 10.1. The van der Waals surface area contributed by atoms with Gasteiger partial charge < -0.3 is 0 Å². The Bertz CT molecular complexity index is 485. The van der Waals surface area contributed by atoms with Crippen LogP contribution in [0.15, 0.2) is 30.3 Å². The predicted molar refractivity (Wildman–Crippen MR) is 61.1 cm³/mol. The second-order valence-corrected chi connectivity index (χ2v) is 3.05. The largest absolute Gasteiger partial charge is 0.292 e. The quantitative estimate of drug-likeness (QED) is 0.663. The number of likely N-dealkylation sites (N-methyl/N-ethyl adjacent to an activating group) is 1. The van der Waals surface area contributed by atoms with Gasteiger partial charge in [-0.25, -0.2) is 0 Å². The number of benzene rings is 1. The number of nitrogens with zero attached hydrogens (tertiary/aromatic N) is 1. The van der Waals surface area contributed by atoms with Crippen molar-refractivity contribution in [3.8, 4) is 12.3 Å². The maximum Gasteiger partial charge on any atom is 0.124 e. The summed E-state index contributed by atoms with van der Waals surface area (Å²) in [7, 11) is 1.38. The molecule has 0 N–H and O–H groups in total. The minimum atomic E-state index is -2.35. The SMILES string of the molecule is [2H]C#CC([2H])([2H])N(C)[C@@H](Cc1ccccc1)C([2H])([2H])[2H]. The van der Waals surface area contributed by atoms with Crippen molar-refractivity contribution in [3.63, 3.8) is 0 Å². The molecule has 14 heavy (non-hydrogen) atoms. The minimum absolute atomic E-state index is 0.188. The molecule has 0 spiro atoms. The Hall–Kier alpha value is -1.26. The number of hydrogen-bond donors (Lipinski definition) is 0. The molecule has 0 fully saturated rings. The maximum atomic E-state index is 7.76. The van der Waals surface area contributed by atoms with Gasteiger partial charge in [0.25, 0.3) is 0 Å². The lowest BCUT2D eigenvalue weighted by molar-refractivity contribution is 0.287. The van der Waals surface area contributed by atoms with Crippen LogP contribution in [0.3, 0.4) is 0 Å². The summed E-state index contributed by atoms with van der Waals surface area (Å²) in [6, 6.07) is 8.05. The zero-order chi connectivity index (χ0) is 15.4. The van der Waals surface area contributed by atoms with Crippen LogP contribution in [0.25, 0.3) is 0 Å². The first-order chi connectivity index (χ1) is 9.18. The van der Waals surface area contributed by atoms with E-state index < -0.39 is 19.4 Å². The van der Waals surface area contributed by atoms with Gasteiger partial charge in [0.2, 0.25) is 0 Å². The fourth-order valence-corrected chi connectivity index (χ4v) is 1.14. The van der Waals surface area contributed by atoms with Gasteiger partial charge in [-0.3, -0.25) is 4.90 Å². The first-order valence-electron chi connectivity index (χ1n) is 7.39. The molecule has 0 aliphatic rings. The third-order valence-corrected chi connectivity index (χ3v) is 1.97. The molecule has 0 aromatic heterocycles. The number of terminal acetylenes is 1. The zero-order valence-electron chi connectivity index (χ0n) is 14.1. The fraction of sp³-hybridized carbons (Fsp3) is 0.385. The van der Waals surface area contributed by atoms with E-state index in [-0.39, 0.29) is 6.42 Å². The summed E-state index contributed by atoms with van der Waals surface area (Å²) in [6.45, 7) is -4.50. The van der Waals surface area contributed by atoms with Crippen LogP contribution in [-0.4, -0.2) is 24.5 Å². The second-order valence-electron chi connectivity index (χ2n) is 3.05. The van der Waals surface area contributed by atoms with Crippen LogP contribution in [0.2, 0.25) is 0 Å². The van der Waals surface area contributed by atoms with Crippen molar-refractivity contribution in [2.75, 3.05) is 13.5 Å². The van der Waals surface area contributed by atoms with Crippen molar-refractivity contribution in [2.45, 2.75) is 19.3 Å². The lowest BCUT2D eigenvalue weighted by Gasteiger charge is -2.22. The molecule has 1 rings (SSSR count). The number of rotatable bonds is 4. The highest BCUT2D eigenvalue weighted by Crippen LogP contribution is 2.06. The average molecular weight is 193 g/mol. The van der Waals surface area contributed by atoms with E-state index in [2.05, 4.69) is 5.92 Å². The standard InChI is InChI=1S/C13H17N/c1-4-10-14(3)12(2)11-13-8-6-5-7-9-13/h1,5-9,12H,10-11H2,2-3H3/t12-/m1/s1/i1D,2D3,10D2. The molecule has 1 aromatic rings. The van der Waals surface area contributed by atoms with Crippen molar-refractivity contribution in [1.29, 1.82) is 0 Å². The van der Waals surface area contributed by atoms with Gasteiger partial charge in [0.1, 0.15) is 1.37 Å². The summed E-state index contributed by atoms with van der Waals surface area (Å²) in [6.07, 6.45) is 1.95. The zero-order valence-corrected chi connectivity index (χ0v) is 8.12. The molecule has 0 saturated carbocycles. The molecule has 0 aliphatic heterocycles. The highest BCUT2D eigenvalue weighted by atomic mass is 15.1. The van der Waals surface area contributed by atoms with Crippen LogP contribution in [-0.2, 0) is 6.42 Å². The molecule has 1 nitrogen and oxygen atoms in total. The molecule has 0 aliphatic carbocycles. The first-order valence-corrected chi connectivity index (χ1v) is 4.39. The summed E-state index contributed by atoms with van der Waals surface area (Å²) in [5, 5.41) is 0. The number of hydrogen-bond acceptors (Lipinski definition) is 1. The van der Waals surface area contributed by atoms with E-state index in [0.29, 0.717) is 0 Å². The van der Waals surface area contributed by atoms with Crippen LogP contribution in [0, 0.1) is 12.3 Å². The van der Waals surface area contributed by atoms with E-state index in [1.807, 2.05) is 18.2 Å². The van der Waals surface area contributed by atoms with Crippen LogP contribution >= 0.6 is 0 Å². The van der Waals surface area contributed by atoms with Crippen LogP contribution in [0.1, 0.15) is 20.6 Å². The summed E-state index contributed by atoms with van der Waals surface area (Å²) >= 11 is 0. The van der Waals surface area contributed by atoms with Crippen molar-refractivity contribution in [3.05, 3.63) is 35.9 Å². The Kier molecular flexibility index (Phi) is 1.95. The van der Waals surface area contributed by atoms with Gasteiger partial charge in [0.15, 0.2) is 0 Å². The van der Waals surface area contributed by atoms with Crippen LogP contribution in [0.4, 0.5) is 0 Å². The highest BCUT2D eigenvalue weighted by Gasteiger charge is 2.07. The molecule has 0 amide bonds. The van der Waals surface area contributed by atoms with Gasteiger partial charge in [-0.2, -0.15) is 0 Å². The van der Waals surface area contributed by atoms with E-state index in [4.69, 9.17) is 8.22 Å². The minimum Gasteiger partial charge on any atom is -0.292 e. The van der Waals surface area contributed by atoms with E-state index in [9.17, 15) is 0 Å². The smallest absolute Gasteiger partial charge is 0.124 e. The molecular formula is C13H17N. The van der Waals surface area contributed by atoms with Gasteiger partial charge in [-0.05, 0) is 25.9 Å². The Balaban J connectivity index is 3.04. The molecule has 1 atom stereocenters. The van der Waals surface area contributed by atoms with Gasteiger partial charge in [-0.1, -0.05) is 36.3 Å². The van der Waals surface area contributed by atoms with Crippen LogP contribution < -0.4 is 0 Å². The molecule has 0 unspecified atom stereocenters. The molecule has 1 heteroatoms. The topological polar surface area (TPSA) is 3.24 Å². The van der Waals surface area contributed by atoms with E-state index in [1.54, 1.807) is 18.5 Å². The van der Waals surface area contributed by atoms with Crippen LogP contribution in [0.5, 0.6) is 0 Å². The Morgan fingerprint density at radius 3 is 3.07 bits per heavy atom. The van der Waals surface area contributed by atoms with E-state index >= 15 is 0 Å². The third-order valence-electron chi connectivity index (χ3n) is 1.97.